The van der Waals surface area contributed by atoms with Gasteiger partial charge in [-0.15, -0.1) is 0 Å². The largest absolute Gasteiger partial charge is 0.454 e. The quantitative estimate of drug-likeness (QED) is 0.320. The normalized spacial score (nSPS) is 13.0. The van der Waals surface area contributed by atoms with E-state index >= 15 is 0 Å². The Hall–Kier alpha value is -4.21. The van der Waals surface area contributed by atoms with Gasteiger partial charge in [-0.3, -0.25) is 14.9 Å². The summed E-state index contributed by atoms with van der Waals surface area (Å²) in [4.78, 5) is 29.9. The van der Waals surface area contributed by atoms with Crippen LogP contribution in [0, 0.1) is 10.1 Å². The third-order valence-corrected chi connectivity index (χ3v) is 4.45. The Morgan fingerprint density at radius 1 is 1.18 bits per heavy atom. The minimum absolute atomic E-state index is 0.00518. The maximum atomic E-state index is 12.2. The van der Waals surface area contributed by atoms with Gasteiger partial charge in [-0.25, -0.2) is 10.1 Å². The molecule has 0 radical (unpaired) electrons. The molecule has 0 bridgehead atoms. The Bertz CT molecular complexity index is 1340. The van der Waals surface area contributed by atoms with Crippen LogP contribution >= 0.6 is 0 Å². The number of aromatic nitrogens is 3. The van der Waals surface area contributed by atoms with Crippen LogP contribution in [0.5, 0.6) is 11.5 Å². The van der Waals surface area contributed by atoms with Gasteiger partial charge in [0.25, 0.3) is 11.2 Å². The molecule has 10 nitrogen and oxygen atoms in total. The number of non-ortho nitro benzene ring substituents is 1. The predicted molar refractivity (Wildman–Crippen MR) is 101 cm³/mol. The molecule has 0 aliphatic carbocycles. The second-order valence-electron chi connectivity index (χ2n) is 6.11. The van der Waals surface area contributed by atoms with Crippen molar-refractivity contribution in [3.63, 3.8) is 0 Å². The van der Waals surface area contributed by atoms with Crippen LogP contribution < -0.4 is 15.0 Å². The number of benzene rings is 2. The summed E-state index contributed by atoms with van der Waals surface area (Å²) in [6, 6.07) is 9.49. The SMILES string of the molecule is O=c1[nH]nc(N=Cc2ccc([N+](=O)[O-])cc2)c2c1[nH]c1cc3c(cc12)OCO3. The average Bonchev–Trinajstić information content (AvgIpc) is 3.30. The maximum absolute atomic E-state index is 12.2. The Morgan fingerprint density at radius 2 is 1.93 bits per heavy atom. The second kappa shape index (κ2) is 5.91. The number of rotatable bonds is 3. The summed E-state index contributed by atoms with van der Waals surface area (Å²) in [5, 5.41) is 18.5. The van der Waals surface area contributed by atoms with Crippen molar-refractivity contribution < 1.29 is 14.4 Å². The zero-order valence-corrected chi connectivity index (χ0v) is 14.1. The lowest BCUT2D eigenvalue weighted by molar-refractivity contribution is -0.384. The summed E-state index contributed by atoms with van der Waals surface area (Å²) in [6.45, 7) is 0.143. The number of fused-ring (bicyclic) bond motifs is 4. The molecule has 0 amide bonds. The molecule has 2 aromatic heterocycles. The first-order valence-corrected chi connectivity index (χ1v) is 8.22. The van der Waals surface area contributed by atoms with Crippen molar-refractivity contribution in [2.75, 3.05) is 6.79 Å². The lowest BCUT2D eigenvalue weighted by atomic mass is 10.1. The van der Waals surface area contributed by atoms with E-state index in [0.29, 0.717) is 39.3 Å². The molecular weight excluding hydrogens is 366 g/mol. The molecule has 0 atom stereocenters. The van der Waals surface area contributed by atoms with Crippen LogP contribution in [0.1, 0.15) is 5.56 Å². The van der Waals surface area contributed by atoms with Gasteiger partial charge in [-0.1, -0.05) is 0 Å². The molecule has 1 aliphatic rings. The molecule has 4 aromatic rings. The van der Waals surface area contributed by atoms with E-state index in [2.05, 4.69) is 20.2 Å². The van der Waals surface area contributed by atoms with Gasteiger partial charge in [0.15, 0.2) is 17.3 Å². The summed E-state index contributed by atoms with van der Waals surface area (Å²) < 4.78 is 10.8. The standard InChI is InChI=1S/C18H11N5O5/c24-18-16-15(11-5-13-14(28-8-27-13)6-12(11)20-16)17(21-22-18)19-7-9-1-3-10(4-2-9)23(25)26/h1-7,20H,8H2,(H,22,24). The molecule has 0 saturated heterocycles. The molecule has 2 aromatic carbocycles. The lowest BCUT2D eigenvalue weighted by Crippen LogP contribution is -2.07. The molecule has 2 N–H and O–H groups in total. The summed E-state index contributed by atoms with van der Waals surface area (Å²) in [7, 11) is 0. The number of ether oxygens (including phenoxy) is 2. The van der Waals surface area contributed by atoms with E-state index in [9.17, 15) is 14.9 Å². The predicted octanol–water partition coefficient (Wildman–Crippen LogP) is 2.79. The number of hydrogen-bond donors (Lipinski definition) is 2. The molecule has 0 unspecified atom stereocenters. The summed E-state index contributed by atoms with van der Waals surface area (Å²) in [6.07, 6.45) is 1.52. The van der Waals surface area contributed by atoms with E-state index in [-0.39, 0.29) is 18.0 Å². The average molecular weight is 377 g/mol. The van der Waals surface area contributed by atoms with Gasteiger partial charge in [0, 0.05) is 29.8 Å². The zero-order chi connectivity index (χ0) is 19.3. The highest BCUT2D eigenvalue weighted by atomic mass is 16.7. The number of nitrogens with zero attached hydrogens (tertiary/aromatic N) is 3. The summed E-state index contributed by atoms with van der Waals surface area (Å²) in [5.74, 6) is 1.48. The van der Waals surface area contributed by atoms with Gasteiger partial charge in [0.2, 0.25) is 6.79 Å². The van der Waals surface area contributed by atoms with Gasteiger partial charge in [0.1, 0.15) is 5.52 Å². The van der Waals surface area contributed by atoms with E-state index in [0.717, 1.165) is 5.39 Å². The van der Waals surface area contributed by atoms with Crippen LogP contribution in [-0.2, 0) is 0 Å². The first kappa shape index (κ1) is 16.0. The van der Waals surface area contributed by atoms with Crippen LogP contribution in [0.4, 0.5) is 11.5 Å². The third-order valence-electron chi connectivity index (χ3n) is 4.45. The van der Waals surface area contributed by atoms with Crippen molar-refractivity contribution >= 4 is 39.5 Å². The number of H-pyrrole nitrogens is 2. The molecule has 1 aliphatic heterocycles. The van der Waals surface area contributed by atoms with E-state index in [1.54, 1.807) is 24.3 Å². The number of nitrogens with one attached hydrogen (secondary N) is 2. The summed E-state index contributed by atoms with van der Waals surface area (Å²) in [5.41, 5.74) is 1.31. The Kier molecular flexibility index (Phi) is 3.38. The maximum Gasteiger partial charge on any atom is 0.288 e. The number of aromatic amines is 2. The lowest BCUT2D eigenvalue weighted by Gasteiger charge is -1.98. The van der Waals surface area contributed by atoms with Gasteiger partial charge in [0.05, 0.1) is 15.8 Å². The topological polar surface area (TPSA) is 136 Å². The van der Waals surface area contributed by atoms with Crippen molar-refractivity contribution in [2.24, 2.45) is 4.99 Å². The third kappa shape index (κ3) is 2.47. The van der Waals surface area contributed by atoms with Gasteiger partial charge in [-0.2, -0.15) is 5.10 Å². The minimum Gasteiger partial charge on any atom is -0.454 e. The Balaban J connectivity index is 1.64. The van der Waals surface area contributed by atoms with Crippen molar-refractivity contribution in [3.8, 4) is 11.5 Å². The molecule has 0 spiro atoms. The summed E-state index contributed by atoms with van der Waals surface area (Å²) >= 11 is 0. The van der Waals surface area contributed by atoms with Crippen molar-refractivity contribution in [1.29, 1.82) is 0 Å². The van der Waals surface area contributed by atoms with Crippen LogP contribution in [-0.4, -0.2) is 33.1 Å². The van der Waals surface area contributed by atoms with Gasteiger partial charge in [-0.05, 0) is 23.8 Å². The minimum atomic E-state index is -0.468. The van der Waals surface area contributed by atoms with E-state index in [1.165, 1.54) is 18.3 Å². The first-order chi connectivity index (χ1) is 13.6. The van der Waals surface area contributed by atoms with Crippen LogP contribution in [0.15, 0.2) is 46.2 Å². The highest BCUT2D eigenvalue weighted by molar-refractivity contribution is 6.12. The molecule has 5 rings (SSSR count). The highest BCUT2D eigenvalue weighted by Gasteiger charge is 2.19. The molecule has 0 fully saturated rings. The van der Waals surface area contributed by atoms with Crippen molar-refractivity contribution in [3.05, 3.63) is 62.4 Å². The van der Waals surface area contributed by atoms with E-state index < -0.39 is 4.92 Å². The van der Waals surface area contributed by atoms with Crippen LogP contribution in [0.3, 0.4) is 0 Å². The Morgan fingerprint density at radius 3 is 2.68 bits per heavy atom. The molecule has 10 heteroatoms. The first-order valence-electron chi connectivity index (χ1n) is 8.22. The molecule has 3 heterocycles. The fraction of sp³-hybridized carbons (Fsp3) is 0.0556. The van der Waals surface area contributed by atoms with Crippen molar-refractivity contribution in [1.82, 2.24) is 15.2 Å². The number of nitro groups is 1. The fourth-order valence-corrected chi connectivity index (χ4v) is 3.11. The molecule has 138 valence electrons. The van der Waals surface area contributed by atoms with Crippen LogP contribution in [0.2, 0.25) is 0 Å². The fourth-order valence-electron chi connectivity index (χ4n) is 3.11. The number of nitro benzene ring substituents is 1. The monoisotopic (exact) mass is 377 g/mol. The van der Waals surface area contributed by atoms with Gasteiger partial charge < -0.3 is 14.5 Å². The van der Waals surface area contributed by atoms with Crippen LogP contribution in [0.25, 0.3) is 21.8 Å². The van der Waals surface area contributed by atoms with E-state index in [1.807, 2.05) is 0 Å². The second-order valence-corrected chi connectivity index (χ2v) is 6.11. The smallest absolute Gasteiger partial charge is 0.288 e. The number of hydrogen-bond acceptors (Lipinski definition) is 7. The highest BCUT2D eigenvalue weighted by Crippen LogP contribution is 2.39. The Labute approximate surface area is 155 Å². The molecule has 28 heavy (non-hydrogen) atoms. The number of aliphatic imine (C=N–C) groups is 1. The van der Waals surface area contributed by atoms with Crippen molar-refractivity contribution in [2.45, 2.75) is 0 Å². The molecule has 0 saturated carbocycles. The van der Waals surface area contributed by atoms with E-state index in [4.69, 9.17) is 9.47 Å². The van der Waals surface area contributed by atoms with Gasteiger partial charge >= 0.3 is 0 Å². The zero-order valence-electron chi connectivity index (χ0n) is 14.1. The molecular formula is C18H11N5O5.